The van der Waals surface area contributed by atoms with E-state index in [2.05, 4.69) is 11.4 Å². The van der Waals surface area contributed by atoms with Gasteiger partial charge in [0.25, 0.3) is 0 Å². The maximum atomic E-state index is 8.74. The predicted octanol–water partition coefficient (Wildman–Crippen LogP) is 3.58. The van der Waals surface area contributed by atoms with E-state index in [-0.39, 0.29) is 0 Å². The van der Waals surface area contributed by atoms with Gasteiger partial charge in [0, 0.05) is 6.54 Å². The van der Waals surface area contributed by atoms with Crippen LogP contribution in [0.1, 0.15) is 31.2 Å². The molecule has 0 unspecified atom stereocenters. The highest BCUT2D eigenvalue weighted by atomic mass is 35.5. The van der Waals surface area contributed by atoms with Crippen LogP contribution in [-0.4, -0.2) is 19.3 Å². The van der Waals surface area contributed by atoms with Crippen LogP contribution < -0.4 is 5.32 Å². The fourth-order valence-corrected chi connectivity index (χ4v) is 2.44. The largest absolute Gasteiger partial charge is 0.382 e. The topological polar surface area (TPSA) is 45.0 Å². The van der Waals surface area contributed by atoms with Crippen LogP contribution in [0, 0.1) is 11.3 Å². The van der Waals surface area contributed by atoms with E-state index in [1.54, 1.807) is 12.1 Å². The molecule has 1 aliphatic carbocycles. The van der Waals surface area contributed by atoms with E-state index in [1.807, 2.05) is 6.07 Å². The zero-order valence-electron chi connectivity index (χ0n) is 10.3. The SMILES string of the molecule is N#Cc1ccc(NCCOC2CCCC2)c(Cl)c1. The maximum absolute atomic E-state index is 8.74. The summed E-state index contributed by atoms with van der Waals surface area (Å²) in [6, 6.07) is 7.32. The molecular weight excluding hydrogens is 248 g/mol. The van der Waals surface area contributed by atoms with Crippen LogP contribution in [0.2, 0.25) is 5.02 Å². The number of nitriles is 1. The molecule has 0 heterocycles. The first kappa shape index (κ1) is 13.2. The van der Waals surface area contributed by atoms with Crippen LogP contribution in [0.5, 0.6) is 0 Å². The van der Waals surface area contributed by atoms with E-state index in [9.17, 15) is 0 Å². The molecule has 0 bridgehead atoms. The molecule has 0 aromatic heterocycles. The van der Waals surface area contributed by atoms with Crippen molar-refractivity contribution < 1.29 is 4.74 Å². The summed E-state index contributed by atoms with van der Waals surface area (Å²) in [5.41, 5.74) is 1.43. The molecular formula is C14H17ClN2O. The summed E-state index contributed by atoms with van der Waals surface area (Å²) < 4.78 is 5.75. The molecule has 0 saturated heterocycles. The smallest absolute Gasteiger partial charge is 0.0992 e. The molecule has 0 amide bonds. The number of hydrogen-bond acceptors (Lipinski definition) is 3. The Kier molecular flexibility index (Phi) is 4.86. The van der Waals surface area contributed by atoms with Gasteiger partial charge in [0.1, 0.15) is 0 Å². The first-order valence-electron chi connectivity index (χ1n) is 6.35. The molecule has 2 rings (SSSR count). The van der Waals surface area contributed by atoms with E-state index in [0.717, 1.165) is 12.2 Å². The highest BCUT2D eigenvalue weighted by Gasteiger charge is 2.14. The van der Waals surface area contributed by atoms with Gasteiger partial charge in [-0.3, -0.25) is 0 Å². The zero-order chi connectivity index (χ0) is 12.8. The molecule has 1 aromatic carbocycles. The van der Waals surface area contributed by atoms with Gasteiger partial charge in [-0.25, -0.2) is 0 Å². The van der Waals surface area contributed by atoms with Crippen molar-refractivity contribution in [1.29, 1.82) is 5.26 Å². The van der Waals surface area contributed by atoms with Gasteiger partial charge in [-0.2, -0.15) is 5.26 Å². The summed E-state index contributed by atoms with van der Waals surface area (Å²) in [6.45, 7) is 1.43. The molecule has 4 heteroatoms. The minimum Gasteiger partial charge on any atom is -0.382 e. The van der Waals surface area contributed by atoms with Crippen molar-refractivity contribution in [3.05, 3.63) is 28.8 Å². The van der Waals surface area contributed by atoms with Crippen LogP contribution in [0.15, 0.2) is 18.2 Å². The Labute approximate surface area is 113 Å². The van der Waals surface area contributed by atoms with Crippen LogP contribution in [0.4, 0.5) is 5.69 Å². The Bertz CT molecular complexity index is 436. The average molecular weight is 265 g/mol. The van der Waals surface area contributed by atoms with Gasteiger partial charge in [0.2, 0.25) is 0 Å². The molecule has 1 fully saturated rings. The third kappa shape index (κ3) is 3.63. The molecule has 1 aromatic rings. The molecule has 0 radical (unpaired) electrons. The van der Waals surface area contributed by atoms with Gasteiger partial charge in [0.05, 0.1) is 35.1 Å². The van der Waals surface area contributed by atoms with Crippen molar-refractivity contribution in [3.8, 4) is 6.07 Å². The van der Waals surface area contributed by atoms with Gasteiger partial charge in [-0.15, -0.1) is 0 Å². The lowest BCUT2D eigenvalue weighted by Gasteiger charge is -2.12. The monoisotopic (exact) mass is 264 g/mol. The minimum absolute atomic E-state index is 0.447. The van der Waals surface area contributed by atoms with Crippen molar-refractivity contribution in [3.63, 3.8) is 0 Å². The van der Waals surface area contributed by atoms with Gasteiger partial charge in [-0.05, 0) is 31.0 Å². The average Bonchev–Trinajstić information content (AvgIpc) is 2.89. The second-order valence-electron chi connectivity index (χ2n) is 4.51. The molecule has 0 atom stereocenters. The fraction of sp³-hybridized carbons (Fsp3) is 0.500. The maximum Gasteiger partial charge on any atom is 0.0992 e. The third-order valence-corrected chi connectivity index (χ3v) is 3.48. The van der Waals surface area contributed by atoms with Crippen LogP contribution in [0.25, 0.3) is 0 Å². The summed E-state index contributed by atoms with van der Waals surface area (Å²) >= 11 is 6.06. The zero-order valence-corrected chi connectivity index (χ0v) is 11.0. The molecule has 1 aliphatic rings. The highest BCUT2D eigenvalue weighted by molar-refractivity contribution is 6.33. The summed E-state index contributed by atoms with van der Waals surface area (Å²) in [7, 11) is 0. The number of rotatable bonds is 5. The van der Waals surface area contributed by atoms with Gasteiger partial charge >= 0.3 is 0 Å². The van der Waals surface area contributed by atoms with E-state index >= 15 is 0 Å². The Balaban J connectivity index is 1.74. The molecule has 1 saturated carbocycles. The third-order valence-electron chi connectivity index (χ3n) is 3.17. The Hall–Kier alpha value is -1.24. The van der Waals surface area contributed by atoms with Crippen molar-refractivity contribution in [1.82, 2.24) is 0 Å². The Morgan fingerprint density at radius 3 is 2.83 bits per heavy atom. The summed E-state index contributed by atoms with van der Waals surface area (Å²) in [6.07, 6.45) is 5.41. The summed E-state index contributed by atoms with van der Waals surface area (Å²) in [5, 5.41) is 12.5. The molecule has 18 heavy (non-hydrogen) atoms. The lowest BCUT2D eigenvalue weighted by atomic mass is 10.2. The van der Waals surface area contributed by atoms with Crippen molar-refractivity contribution in [2.24, 2.45) is 0 Å². The lowest BCUT2D eigenvalue weighted by Crippen LogP contribution is -2.15. The van der Waals surface area contributed by atoms with Gasteiger partial charge in [-0.1, -0.05) is 24.4 Å². The van der Waals surface area contributed by atoms with Crippen molar-refractivity contribution >= 4 is 17.3 Å². The van der Waals surface area contributed by atoms with E-state index in [4.69, 9.17) is 21.6 Å². The second kappa shape index (κ2) is 6.63. The number of benzene rings is 1. The normalized spacial score (nSPS) is 15.6. The first-order chi connectivity index (χ1) is 8.79. The van der Waals surface area contributed by atoms with Gasteiger partial charge in [0.15, 0.2) is 0 Å². The molecule has 96 valence electrons. The second-order valence-corrected chi connectivity index (χ2v) is 4.92. The Morgan fingerprint density at radius 1 is 1.39 bits per heavy atom. The number of halogens is 1. The van der Waals surface area contributed by atoms with E-state index in [0.29, 0.717) is 23.3 Å². The number of ether oxygens (including phenoxy) is 1. The minimum atomic E-state index is 0.447. The van der Waals surface area contributed by atoms with Crippen LogP contribution in [0.3, 0.4) is 0 Å². The molecule has 3 nitrogen and oxygen atoms in total. The van der Waals surface area contributed by atoms with Crippen molar-refractivity contribution in [2.45, 2.75) is 31.8 Å². The van der Waals surface area contributed by atoms with Gasteiger partial charge < -0.3 is 10.1 Å². The molecule has 0 spiro atoms. The Morgan fingerprint density at radius 2 is 2.17 bits per heavy atom. The standard InChI is InChI=1S/C14H17ClN2O/c15-13-9-11(10-16)5-6-14(13)17-7-8-18-12-3-1-2-4-12/h5-6,9,12,17H,1-4,7-8H2. The van der Waals surface area contributed by atoms with Crippen LogP contribution >= 0.6 is 11.6 Å². The lowest BCUT2D eigenvalue weighted by molar-refractivity contribution is 0.0659. The predicted molar refractivity (Wildman–Crippen MR) is 72.9 cm³/mol. The number of nitrogens with zero attached hydrogens (tertiary/aromatic N) is 1. The number of nitrogens with one attached hydrogen (secondary N) is 1. The summed E-state index contributed by atoms with van der Waals surface area (Å²) in [4.78, 5) is 0. The highest BCUT2D eigenvalue weighted by Crippen LogP contribution is 2.23. The van der Waals surface area contributed by atoms with E-state index in [1.165, 1.54) is 25.7 Å². The quantitative estimate of drug-likeness (QED) is 0.827. The van der Waals surface area contributed by atoms with Crippen molar-refractivity contribution in [2.75, 3.05) is 18.5 Å². The van der Waals surface area contributed by atoms with E-state index < -0.39 is 0 Å². The first-order valence-corrected chi connectivity index (χ1v) is 6.72. The molecule has 1 N–H and O–H groups in total. The summed E-state index contributed by atoms with van der Waals surface area (Å²) in [5.74, 6) is 0. The molecule has 0 aliphatic heterocycles. The van der Waals surface area contributed by atoms with Crippen LogP contribution in [-0.2, 0) is 4.74 Å². The number of anilines is 1. The fourth-order valence-electron chi connectivity index (χ4n) is 2.19. The number of hydrogen-bond donors (Lipinski definition) is 1.